The summed E-state index contributed by atoms with van der Waals surface area (Å²) in [5, 5.41) is 4.22. The number of hydrogen-bond donors (Lipinski definition) is 1. The van der Waals surface area contributed by atoms with Crippen LogP contribution in [0.25, 0.3) is 0 Å². The molecule has 2 fully saturated rings. The molecule has 0 amide bonds. The number of methoxy groups -OCH3 is 2. The zero-order valence-corrected chi connectivity index (χ0v) is 19.9. The van der Waals surface area contributed by atoms with E-state index < -0.39 is 0 Å². The summed E-state index contributed by atoms with van der Waals surface area (Å²) >= 11 is 5.91. The van der Waals surface area contributed by atoms with Gasteiger partial charge in [0.1, 0.15) is 17.5 Å². The Kier molecular flexibility index (Phi) is 6.22. The van der Waals surface area contributed by atoms with Crippen molar-refractivity contribution in [2.75, 3.05) is 19.1 Å². The molecule has 1 saturated carbocycles. The molecule has 1 aliphatic carbocycles. The molecular formula is C26H30N4O2S. The van der Waals surface area contributed by atoms with Gasteiger partial charge in [0.05, 0.1) is 31.6 Å². The van der Waals surface area contributed by atoms with Crippen LogP contribution in [0.5, 0.6) is 11.5 Å². The number of rotatable bonds is 6. The quantitative estimate of drug-likeness (QED) is 0.483. The lowest BCUT2D eigenvalue weighted by Crippen LogP contribution is -2.31. The van der Waals surface area contributed by atoms with Crippen molar-refractivity contribution < 1.29 is 9.47 Å². The predicted octanol–water partition coefficient (Wildman–Crippen LogP) is 5.58. The number of anilines is 1. The van der Waals surface area contributed by atoms with Crippen LogP contribution in [-0.2, 0) is 0 Å². The summed E-state index contributed by atoms with van der Waals surface area (Å²) in [6, 6.07) is 16.7. The van der Waals surface area contributed by atoms with Crippen LogP contribution in [0.15, 0.2) is 60.9 Å². The van der Waals surface area contributed by atoms with Crippen LogP contribution in [0.4, 0.5) is 5.69 Å². The smallest absolute Gasteiger partial charge is 0.174 e. The van der Waals surface area contributed by atoms with Crippen LogP contribution in [0.1, 0.15) is 61.6 Å². The number of aromatic nitrogens is 2. The Morgan fingerprint density at radius 2 is 1.85 bits per heavy atom. The second-order valence-electron chi connectivity index (χ2n) is 8.67. The molecule has 1 aromatic carbocycles. The van der Waals surface area contributed by atoms with Gasteiger partial charge in [0.2, 0.25) is 0 Å². The highest BCUT2D eigenvalue weighted by atomic mass is 32.1. The van der Waals surface area contributed by atoms with Gasteiger partial charge in [-0.15, -0.1) is 0 Å². The Morgan fingerprint density at radius 1 is 1.00 bits per heavy atom. The number of thiocarbonyl (C=S) groups is 1. The van der Waals surface area contributed by atoms with E-state index in [9.17, 15) is 0 Å². The van der Waals surface area contributed by atoms with Crippen molar-refractivity contribution in [3.63, 3.8) is 0 Å². The van der Waals surface area contributed by atoms with Crippen molar-refractivity contribution in [2.45, 2.75) is 50.2 Å². The van der Waals surface area contributed by atoms with Gasteiger partial charge in [-0.05, 0) is 61.5 Å². The number of nitrogens with zero attached hydrogens (tertiary/aromatic N) is 3. The van der Waals surface area contributed by atoms with Crippen LogP contribution in [0, 0.1) is 0 Å². The van der Waals surface area contributed by atoms with E-state index in [0.29, 0.717) is 11.2 Å². The highest BCUT2D eigenvalue weighted by Crippen LogP contribution is 2.46. The van der Waals surface area contributed by atoms with Crippen molar-refractivity contribution in [1.82, 2.24) is 14.9 Å². The fourth-order valence-electron chi connectivity index (χ4n) is 5.25. The molecule has 3 aromatic rings. The molecule has 1 saturated heterocycles. The molecule has 172 valence electrons. The molecule has 2 aliphatic rings. The summed E-state index contributed by atoms with van der Waals surface area (Å²) in [5.41, 5.74) is 3.12. The van der Waals surface area contributed by atoms with Crippen molar-refractivity contribution in [2.24, 2.45) is 0 Å². The summed E-state index contributed by atoms with van der Waals surface area (Å²) < 4.78 is 13.7. The van der Waals surface area contributed by atoms with Crippen molar-refractivity contribution in [3.8, 4) is 11.5 Å². The van der Waals surface area contributed by atoms with Crippen molar-refractivity contribution >= 4 is 23.0 Å². The second-order valence-corrected chi connectivity index (χ2v) is 9.05. The standard InChI is InChI=1S/C26H30N4O2S/c1-31-19-13-14-21(23(17-19)32-2)30-25(24(28-26(30)33)20-11-6-7-15-27-20)22-12-8-16-29(22)18-9-4-3-5-10-18/h6-8,11-18,24-25H,3-5,9-10H2,1-2H3,(H,28,33). The third kappa shape index (κ3) is 4.06. The first-order valence-electron chi connectivity index (χ1n) is 11.6. The van der Waals surface area contributed by atoms with E-state index in [2.05, 4.69) is 44.2 Å². The van der Waals surface area contributed by atoms with Crippen LogP contribution in [-0.4, -0.2) is 28.9 Å². The Bertz CT molecular complexity index is 1110. The van der Waals surface area contributed by atoms with Gasteiger partial charge in [-0.25, -0.2) is 0 Å². The van der Waals surface area contributed by atoms with E-state index >= 15 is 0 Å². The summed E-state index contributed by atoms with van der Waals surface area (Å²) in [7, 11) is 3.34. The Labute approximate surface area is 200 Å². The number of benzene rings is 1. The zero-order chi connectivity index (χ0) is 22.8. The number of ether oxygens (including phenoxy) is 2. The largest absolute Gasteiger partial charge is 0.497 e. The maximum absolute atomic E-state index is 5.91. The summed E-state index contributed by atoms with van der Waals surface area (Å²) in [5.74, 6) is 1.47. The third-order valence-electron chi connectivity index (χ3n) is 6.83. The van der Waals surface area contributed by atoms with E-state index in [1.807, 2.05) is 36.5 Å². The third-order valence-corrected chi connectivity index (χ3v) is 7.14. The number of nitrogens with one attached hydrogen (secondary N) is 1. The second kappa shape index (κ2) is 9.43. The molecule has 1 N–H and O–H groups in total. The van der Waals surface area contributed by atoms with Gasteiger partial charge in [-0.2, -0.15) is 0 Å². The maximum atomic E-state index is 5.91. The summed E-state index contributed by atoms with van der Waals surface area (Å²) in [6.45, 7) is 0. The molecule has 33 heavy (non-hydrogen) atoms. The molecule has 0 radical (unpaired) electrons. The fourth-order valence-corrected chi connectivity index (χ4v) is 5.59. The highest BCUT2D eigenvalue weighted by molar-refractivity contribution is 7.80. The highest BCUT2D eigenvalue weighted by Gasteiger charge is 2.43. The molecule has 5 rings (SSSR count). The maximum Gasteiger partial charge on any atom is 0.174 e. The lowest BCUT2D eigenvalue weighted by molar-refractivity contribution is 0.339. The van der Waals surface area contributed by atoms with Crippen LogP contribution >= 0.6 is 12.2 Å². The molecule has 0 bridgehead atoms. The molecule has 0 spiro atoms. The summed E-state index contributed by atoms with van der Waals surface area (Å²) in [4.78, 5) is 6.87. The van der Waals surface area contributed by atoms with E-state index in [4.69, 9.17) is 21.7 Å². The number of hydrogen-bond acceptors (Lipinski definition) is 4. The van der Waals surface area contributed by atoms with Crippen LogP contribution in [0.2, 0.25) is 0 Å². The molecule has 3 heterocycles. The van der Waals surface area contributed by atoms with Gasteiger partial charge in [-0.3, -0.25) is 4.98 Å². The van der Waals surface area contributed by atoms with Gasteiger partial charge in [0, 0.05) is 30.2 Å². The van der Waals surface area contributed by atoms with E-state index in [0.717, 1.165) is 22.9 Å². The first-order valence-corrected chi connectivity index (χ1v) is 12.0. The molecule has 2 atom stereocenters. The fraction of sp³-hybridized carbons (Fsp3) is 0.385. The molecule has 2 aromatic heterocycles. The lowest BCUT2D eigenvalue weighted by Gasteiger charge is -2.33. The molecule has 7 heteroatoms. The number of pyridine rings is 1. The SMILES string of the molecule is COc1ccc(N2C(=S)NC(c3ccccn3)C2c2cccn2C2CCCCC2)c(OC)c1. The topological polar surface area (TPSA) is 51.5 Å². The average Bonchev–Trinajstić information content (AvgIpc) is 3.49. The Balaban J connectivity index is 1.63. The van der Waals surface area contributed by atoms with Gasteiger partial charge < -0.3 is 24.3 Å². The normalized spacial score (nSPS) is 21.2. The molecule has 2 unspecified atom stereocenters. The molecule has 1 aliphatic heterocycles. The van der Waals surface area contributed by atoms with E-state index in [-0.39, 0.29) is 12.1 Å². The monoisotopic (exact) mass is 462 g/mol. The van der Waals surface area contributed by atoms with Gasteiger partial charge in [0.15, 0.2) is 5.11 Å². The van der Waals surface area contributed by atoms with E-state index in [1.54, 1.807) is 14.2 Å². The minimum atomic E-state index is -0.0808. The van der Waals surface area contributed by atoms with Crippen molar-refractivity contribution in [1.29, 1.82) is 0 Å². The minimum Gasteiger partial charge on any atom is -0.497 e. The molecule has 6 nitrogen and oxygen atoms in total. The van der Waals surface area contributed by atoms with Crippen molar-refractivity contribution in [3.05, 3.63) is 72.3 Å². The Hall–Kier alpha value is -3.06. The van der Waals surface area contributed by atoms with E-state index in [1.165, 1.54) is 37.8 Å². The van der Waals surface area contributed by atoms with Gasteiger partial charge in [-0.1, -0.05) is 25.3 Å². The summed E-state index contributed by atoms with van der Waals surface area (Å²) in [6.07, 6.45) is 10.4. The predicted molar refractivity (Wildman–Crippen MR) is 134 cm³/mol. The van der Waals surface area contributed by atoms with Crippen LogP contribution in [0.3, 0.4) is 0 Å². The Morgan fingerprint density at radius 3 is 2.58 bits per heavy atom. The minimum absolute atomic E-state index is 0.0633. The first kappa shape index (κ1) is 21.8. The lowest BCUT2D eigenvalue weighted by atomic mass is 9.94. The van der Waals surface area contributed by atoms with Gasteiger partial charge >= 0.3 is 0 Å². The molecular weight excluding hydrogens is 432 g/mol. The van der Waals surface area contributed by atoms with Gasteiger partial charge in [0.25, 0.3) is 0 Å². The van der Waals surface area contributed by atoms with Crippen LogP contribution < -0.4 is 19.7 Å². The average molecular weight is 463 g/mol. The first-order chi connectivity index (χ1) is 16.2. The zero-order valence-electron chi connectivity index (χ0n) is 19.1.